The molecule has 2 saturated heterocycles. The molecule has 2 rings (SSSR count). The number of nitrogens with zero attached hydrogens (tertiary/aromatic N) is 2. The van der Waals surface area contributed by atoms with Crippen molar-refractivity contribution >= 4 is 0 Å². The Morgan fingerprint density at radius 1 is 0.846 bits per heavy atom. The van der Waals surface area contributed by atoms with Crippen molar-refractivity contribution in [3.8, 4) is 0 Å². The Bertz CT molecular complexity index is 151. The maximum Gasteiger partial charge on any atom is 0.107 e. The van der Waals surface area contributed by atoms with Crippen LogP contribution in [0.2, 0.25) is 0 Å². The van der Waals surface area contributed by atoms with Gasteiger partial charge >= 0.3 is 0 Å². The number of hydrogen-bond donors (Lipinski definition) is 2. The van der Waals surface area contributed by atoms with Gasteiger partial charge in [-0.25, -0.2) is 0 Å². The lowest BCUT2D eigenvalue weighted by molar-refractivity contribution is 0.0454. The highest BCUT2D eigenvalue weighted by molar-refractivity contribution is 4.77. The highest BCUT2D eigenvalue weighted by Gasteiger charge is 2.27. The quantitative estimate of drug-likeness (QED) is 0.545. The summed E-state index contributed by atoms with van der Waals surface area (Å²) in [6.45, 7) is 4.15. The number of hydrogen-bond acceptors (Lipinski definition) is 4. The molecule has 2 aliphatic heterocycles. The molecular formula is C9H18N2O2. The summed E-state index contributed by atoms with van der Waals surface area (Å²) in [5, 5.41) is 19.0. The van der Waals surface area contributed by atoms with Crippen LogP contribution in [0.3, 0.4) is 0 Å². The van der Waals surface area contributed by atoms with Crippen LogP contribution in [0.4, 0.5) is 0 Å². The molecule has 0 unspecified atom stereocenters. The van der Waals surface area contributed by atoms with Crippen LogP contribution in [0.1, 0.15) is 19.3 Å². The molecule has 0 bridgehead atoms. The van der Waals surface area contributed by atoms with Gasteiger partial charge < -0.3 is 10.2 Å². The van der Waals surface area contributed by atoms with Crippen molar-refractivity contribution < 1.29 is 10.2 Å². The maximum atomic E-state index is 9.49. The minimum absolute atomic E-state index is 0.263. The van der Waals surface area contributed by atoms with Gasteiger partial charge in [-0.2, -0.15) is 0 Å². The smallest absolute Gasteiger partial charge is 0.107 e. The van der Waals surface area contributed by atoms with Crippen molar-refractivity contribution in [2.24, 2.45) is 0 Å². The zero-order chi connectivity index (χ0) is 9.26. The Balaban J connectivity index is 1.51. The van der Waals surface area contributed by atoms with E-state index >= 15 is 0 Å². The second-order valence-electron chi connectivity index (χ2n) is 3.96. The first-order valence-corrected chi connectivity index (χ1v) is 5.11. The van der Waals surface area contributed by atoms with Gasteiger partial charge in [-0.1, -0.05) is 0 Å². The normalized spacial score (nSPS) is 27.2. The van der Waals surface area contributed by atoms with Gasteiger partial charge in [0.25, 0.3) is 0 Å². The molecule has 2 fully saturated rings. The van der Waals surface area contributed by atoms with Crippen LogP contribution in [0.25, 0.3) is 0 Å². The summed E-state index contributed by atoms with van der Waals surface area (Å²) in [7, 11) is 0. The van der Waals surface area contributed by atoms with Gasteiger partial charge in [0.15, 0.2) is 0 Å². The van der Waals surface area contributed by atoms with Crippen molar-refractivity contribution in [1.29, 1.82) is 0 Å². The molecule has 4 heteroatoms. The Morgan fingerprint density at radius 3 is 1.54 bits per heavy atom. The first kappa shape index (κ1) is 9.40. The molecule has 2 heterocycles. The fourth-order valence-corrected chi connectivity index (χ4v) is 1.56. The third-order valence-electron chi connectivity index (χ3n) is 2.73. The molecule has 0 amide bonds. The van der Waals surface area contributed by atoms with E-state index in [-0.39, 0.29) is 12.5 Å². The molecule has 0 radical (unpaired) electrons. The minimum atomic E-state index is -0.263. The Kier molecular flexibility index (Phi) is 2.83. The third-order valence-corrected chi connectivity index (χ3v) is 2.73. The van der Waals surface area contributed by atoms with Crippen LogP contribution in [0.5, 0.6) is 0 Å². The van der Waals surface area contributed by atoms with Gasteiger partial charge in [-0.3, -0.25) is 9.80 Å². The standard InChI is InChI=1S/C9H18N2O2/c12-8(10-4-5-10)2-1-3-9(13)11-6-7-11/h8-9,12-13H,1-7H2/t8-,9+. The highest BCUT2D eigenvalue weighted by atomic mass is 16.3. The van der Waals surface area contributed by atoms with Crippen molar-refractivity contribution in [1.82, 2.24) is 9.80 Å². The Hall–Kier alpha value is -0.160. The summed E-state index contributed by atoms with van der Waals surface area (Å²) in [6.07, 6.45) is 1.98. The molecule has 76 valence electrons. The lowest BCUT2D eigenvalue weighted by Crippen LogP contribution is -2.21. The maximum absolute atomic E-state index is 9.49. The molecule has 13 heavy (non-hydrogen) atoms. The van der Waals surface area contributed by atoms with E-state index in [1.807, 2.05) is 9.80 Å². The van der Waals surface area contributed by atoms with Gasteiger partial charge in [0.05, 0.1) is 0 Å². The van der Waals surface area contributed by atoms with Crippen LogP contribution in [-0.4, -0.2) is 58.6 Å². The van der Waals surface area contributed by atoms with Crippen molar-refractivity contribution in [3.63, 3.8) is 0 Å². The summed E-state index contributed by atoms with van der Waals surface area (Å²) in [5.41, 5.74) is 0. The second-order valence-corrected chi connectivity index (χ2v) is 3.96. The van der Waals surface area contributed by atoms with E-state index in [4.69, 9.17) is 0 Å². The van der Waals surface area contributed by atoms with E-state index in [0.29, 0.717) is 0 Å². The summed E-state index contributed by atoms with van der Waals surface area (Å²) in [5.74, 6) is 0. The molecule has 0 saturated carbocycles. The topological polar surface area (TPSA) is 46.5 Å². The van der Waals surface area contributed by atoms with Crippen LogP contribution in [0, 0.1) is 0 Å². The number of aliphatic hydroxyl groups is 2. The predicted molar refractivity (Wildman–Crippen MR) is 49.0 cm³/mol. The molecule has 2 N–H and O–H groups in total. The zero-order valence-corrected chi connectivity index (χ0v) is 7.89. The van der Waals surface area contributed by atoms with E-state index in [9.17, 15) is 10.2 Å². The highest BCUT2D eigenvalue weighted by Crippen LogP contribution is 2.17. The van der Waals surface area contributed by atoms with E-state index in [0.717, 1.165) is 45.4 Å². The lowest BCUT2D eigenvalue weighted by atomic mass is 10.2. The average molecular weight is 186 g/mol. The molecule has 0 aliphatic carbocycles. The van der Waals surface area contributed by atoms with Crippen molar-refractivity contribution in [2.45, 2.75) is 31.7 Å². The van der Waals surface area contributed by atoms with E-state index < -0.39 is 0 Å². The van der Waals surface area contributed by atoms with Gasteiger partial charge in [-0.15, -0.1) is 0 Å². The molecule has 0 aromatic rings. The van der Waals surface area contributed by atoms with Gasteiger partial charge in [-0.05, 0) is 19.3 Å². The van der Waals surface area contributed by atoms with E-state index in [1.165, 1.54) is 0 Å². The predicted octanol–water partition coefficient (Wildman–Crippen LogP) is -0.575. The first-order valence-electron chi connectivity index (χ1n) is 5.11. The van der Waals surface area contributed by atoms with Crippen LogP contribution in [0.15, 0.2) is 0 Å². The summed E-state index contributed by atoms with van der Waals surface area (Å²) >= 11 is 0. The van der Waals surface area contributed by atoms with E-state index in [1.54, 1.807) is 0 Å². The molecule has 0 aromatic heterocycles. The monoisotopic (exact) mass is 186 g/mol. The Labute approximate surface area is 78.8 Å². The zero-order valence-electron chi connectivity index (χ0n) is 7.89. The average Bonchev–Trinajstić information content (AvgIpc) is 2.95. The largest absolute Gasteiger partial charge is 0.378 e. The van der Waals surface area contributed by atoms with Gasteiger partial charge in [0, 0.05) is 26.2 Å². The van der Waals surface area contributed by atoms with E-state index in [2.05, 4.69) is 0 Å². The molecular weight excluding hydrogens is 168 g/mol. The first-order chi connectivity index (χ1) is 6.27. The van der Waals surface area contributed by atoms with Crippen LogP contribution < -0.4 is 0 Å². The summed E-state index contributed by atoms with van der Waals surface area (Å²) < 4.78 is 0. The molecule has 0 spiro atoms. The number of rotatable bonds is 6. The number of aliphatic hydroxyl groups excluding tert-OH is 2. The molecule has 0 aromatic carbocycles. The molecule has 4 nitrogen and oxygen atoms in total. The lowest BCUT2D eigenvalue weighted by Gasteiger charge is -2.13. The second kappa shape index (κ2) is 3.92. The van der Waals surface area contributed by atoms with Gasteiger partial charge in [0.1, 0.15) is 12.5 Å². The van der Waals surface area contributed by atoms with Crippen molar-refractivity contribution in [2.75, 3.05) is 26.2 Å². The van der Waals surface area contributed by atoms with Crippen LogP contribution >= 0.6 is 0 Å². The van der Waals surface area contributed by atoms with Crippen LogP contribution in [-0.2, 0) is 0 Å². The fourth-order valence-electron chi connectivity index (χ4n) is 1.56. The SMILES string of the molecule is O[C@H](CCC[C@H](O)N1CC1)N1CC1. The van der Waals surface area contributed by atoms with Crippen molar-refractivity contribution in [3.05, 3.63) is 0 Å². The molecule has 2 atom stereocenters. The van der Waals surface area contributed by atoms with Gasteiger partial charge in [0.2, 0.25) is 0 Å². The molecule has 2 aliphatic rings. The third kappa shape index (κ3) is 2.91. The minimum Gasteiger partial charge on any atom is -0.378 e. The Morgan fingerprint density at radius 2 is 1.23 bits per heavy atom. The fraction of sp³-hybridized carbons (Fsp3) is 1.00. The summed E-state index contributed by atoms with van der Waals surface area (Å²) in [4.78, 5) is 4.06. The summed E-state index contributed by atoms with van der Waals surface area (Å²) in [6, 6.07) is 0.